The molecule has 0 radical (unpaired) electrons. The molecule has 2 heterocycles. The summed E-state index contributed by atoms with van der Waals surface area (Å²) in [6.45, 7) is 0. The number of nitrogens with one attached hydrogen (secondary N) is 2. The second-order valence-electron chi connectivity index (χ2n) is 2.60. The van der Waals surface area contributed by atoms with Gasteiger partial charge in [-0.25, -0.2) is 31.3 Å². The first-order chi connectivity index (χ1) is 5.61. The van der Waals surface area contributed by atoms with Crippen LogP contribution in [-0.2, 0) is 0 Å². The molecule has 6 N–H and O–H groups in total. The number of nitrogens with zero attached hydrogens (tertiary/aromatic N) is 2. The largest absolute Gasteiger partial charge is 0.352 e. The summed E-state index contributed by atoms with van der Waals surface area (Å²) in [5.74, 6) is 10.6. The first-order valence-corrected chi connectivity index (χ1v) is 3.30. The number of fused-ring (bicyclic) bond motifs is 1. The number of carbonyl (C=O) groups excluding carboxylic acids is 2. The van der Waals surface area contributed by atoms with Gasteiger partial charge < -0.3 is 10.6 Å². The van der Waals surface area contributed by atoms with Crippen molar-refractivity contribution in [2.45, 2.75) is 12.3 Å². The first kappa shape index (κ1) is 7.13. The summed E-state index contributed by atoms with van der Waals surface area (Å²) in [4.78, 5) is 21.8. The van der Waals surface area contributed by atoms with Crippen LogP contribution >= 0.6 is 0 Å². The zero-order valence-corrected chi connectivity index (χ0v) is 6.02. The molecule has 2 rings (SSSR count). The third-order valence-electron chi connectivity index (χ3n) is 1.90. The Hall–Kier alpha value is -1.54. The minimum absolute atomic E-state index is 0.386. The highest BCUT2D eigenvalue weighted by Crippen LogP contribution is 2.15. The van der Waals surface area contributed by atoms with E-state index in [2.05, 4.69) is 10.6 Å². The maximum absolute atomic E-state index is 11.0. The maximum atomic E-state index is 11.0. The minimum Gasteiger partial charge on any atom is -0.313 e. The third kappa shape index (κ3) is 0.672. The van der Waals surface area contributed by atoms with E-state index in [4.69, 9.17) is 11.7 Å². The zero-order chi connectivity index (χ0) is 8.88. The lowest BCUT2D eigenvalue weighted by Crippen LogP contribution is -2.48. The van der Waals surface area contributed by atoms with Gasteiger partial charge in [0.15, 0.2) is 12.3 Å². The lowest BCUT2D eigenvalue weighted by atomic mass is 10.4. The molecule has 0 spiro atoms. The van der Waals surface area contributed by atoms with Crippen molar-refractivity contribution in [3.63, 3.8) is 0 Å². The molecule has 0 aromatic carbocycles. The van der Waals surface area contributed by atoms with Crippen molar-refractivity contribution in [2.75, 3.05) is 0 Å². The topological polar surface area (TPSA) is 117 Å². The molecule has 0 aromatic rings. The lowest BCUT2D eigenvalue weighted by molar-refractivity contribution is 0.179. The highest BCUT2D eigenvalue weighted by molar-refractivity contribution is 5.84. The van der Waals surface area contributed by atoms with Crippen LogP contribution < -0.4 is 22.3 Å². The fourth-order valence-corrected chi connectivity index (χ4v) is 1.28. The van der Waals surface area contributed by atoms with Gasteiger partial charge in [0.25, 0.3) is 0 Å². The SMILES string of the molecule is NN1C(=O)N(N)C2NC(=O)NC21. The van der Waals surface area contributed by atoms with Crippen LogP contribution in [0.25, 0.3) is 0 Å². The van der Waals surface area contributed by atoms with Crippen molar-refractivity contribution in [1.82, 2.24) is 20.7 Å². The van der Waals surface area contributed by atoms with E-state index in [1.54, 1.807) is 0 Å². The number of hydrogen-bond acceptors (Lipinski definition) is 4. The molecule has 2 fully saturated rings. The van der Waals surface area contributed by atoms with Crippen molar-refractivity contribution >= 4 is 12.1 Å². The molecule has 0 aliphatic carbocycles. The van der Waals surface area contributed by atoms with Crippen LogP contribution in [0.2, 0.25) is 0 Å². The molecule has 0 aromatic heterocycles. The number of carbonyl (C=O) groups is 2. The Morgan fingerprint density at radius 2 is 1.50 bits per heavy atom. The number of hydrogen-bond donors (Lipinski definition) is 4. The zero-order valence-electron chi connectivity index (χ0n) is 6.02. The van der Waals surface area contributed by atoms with Gasteiger partial charge in [0.05, 0.1) is 0 Å². The van der Waals surface area contributed by atoms with Gasteiger partial charge in [-0.3, -0.25) is 0 Å². The van der Waals surface area contributed by atoms with Crippen molar-refractivity contribution in [3.8, 4) is 0 Å². The Morgan fingerprint density at radius 3 is 1.92 bits per heavy atom. The van der Waals surface area contributed by atoms with E-state index in [1.165, 1.54) is 0 Å². The summed E-state index contributed by atoms with van der Waals surface area (Å²) in [5, 5.41) is 6.62. The van der Waals surface area contributed by atoms with Crippen LogP contribution in [-0.4, -0.2) is 34.4 Å². The molecule has 0 saturated carbocycles. The van der Waals surface area contributed by atoms with E-state index in [1.807, 2.05) is 0 Å². The summed E-state index contributed by atoms with van der Waals surface area (Å²) < 4.78 is 0. The highest BCUT2D eigenvalue weighted by atomic mass is 16.2. The average molecular weight is 172 g/mol. The van der Waals surface area contributed by atoms with Gasteiger partial charge in [-0.1, -0.05) is 0 Å². The Kier molecular flexibility index (Phi) is 1.18. The molecule has 2 aliphatic rings. The number of urea groups is 2. The van der Waals surface area contributed by atoms with Crippen LogP contribution in [0.1, 0.15) is 0 Å². The Morgan fingerprint density at radius 1 is 1.08 bits per heavy atom. The smallest absolute Gasteiger partial charge is 0.313 e. The monoisotopic (exact) mass is 172 g/mol. The van der Waals surface area contributed by atoms with E-state index in [0.717, 1.165) is 10.0 Å². The molecule has 12 heavy (non-hydrogen) atoms. The van der Waals surface area contributed by atoms with Gasteiger partial charge in [0.1, 0.15) is 0 Å². The van der Waals surface area contributed by atoms with Crippen molar-refractivity contribution < 1.29 is 9.59 Å². The fraction of sp³-hybridized carbons (Fsp3) is 0.500. The fourth-order valence-electron chi connectivity index (χ4n) is 1.28. The van der Waals surface area contributed by atoms with Gasteiger partial charge in [0.2, 0.25) is 0 Å². The van der Waals surface area contributed by atoms with E-state index in [9.17, 15) is 9.59 Å². The van der Waals surface area contributed by atoms with Crippen LogP contribution in [0.15, 0.2) is 0 Å². The molecular formula is C4H8N6O2. The van der Waals surface area contributed by atoms with E-state index >= 15 is 0 Å². The van der Waals surface area contributed by atoms with Crippen LogP contribution in [0.3, 0.4) is 0 Å². The van der Waals surface area contributed by atoms with E-state index in [-0.39, 0.29) is 6.03 Å². The molecule has 8 nitrogen and oxygen atoms in total. The average Bonchev–Trinajstić information content (AvgIpc) is 2.49. The van der Waals surface area contributed by atoms with Crippen LogP contribution in [0.5, 0.6) is 0 Å². The van der Waals surface area contributed by atoms with Crippen LogP contribution in [0, 0.1) is 0 Å². The van der Waals surface area contributed by atoms with Gasteiger partial charge in [-0.05, 0) is 0 Å². The lowest BCUT2D eigenvalue weighted by Gasteiger charge is -2.13. The predicted octanol–water partition coefficient (Wildman–Crippen LogP) is -2.56. The van der Waals surface area contributed by atoms with Crippen molar-refractivity contribution in [3.05, 3.63) is 0 Å². The summed E-state index contributed by atoms with van der Waals surface area (Å²) in [7, 11) is 0. The molecule has 0 bridgehead atoms. The summed E-state index contributed by atoms with van der Waals surface area (Å²) >= 11 is 0. The summed E-state index contributed by atoms with van der Waals surface area (Å²) in [6.07, 6.45) is -1.15. The van der Waals surface area contributed by atoms with Crippen LogP contribution in [0.4, 0.5) is 9.59 Å². The predicted molar refractivity (Wildman–Crippen MR) is 36.7 cm³/mol. The minimum atomic E-state index is -0.574. The van der Waals surface area contributed by atoms with E-state index in [0.29, 0.717) is 0 Å². The number of nitrogens with two attached hydrogens (primary N) is 2. The molecule has 2 saturated heterocycles. The number of amides is 4. The molecule has 8 heteroatoms. The molecule has 2 atom stereocenters. The number of rotatable bonds is 0. The second-order valence-corrected chi connectivity index (χ2v) is 2.60. The summed E-state index contributed by atoms with van der Waals surface area (Å²) in [6, 6.07) is -0.916. The van der Waals surface area contributed by atoms with Gasteiger partial charge in [-0.2, -0.15) is 0 Å². The number of hydrazine groups is 2. The molecule has 66 valence electrons. The standard InChI is InChI=1S/C4H8N6O2/c5-9-1-2(8-3(11)7-1)10(6)4(9)12/h1-2H,5-6H2,(H2,7,8,11). The van der Waals surface area contributed by atoms with E-state index < -0.39 is 18.4 Å². The quantitative estimate of drug-likeness (QED) is 0.237. The van der Waals surface area contributed by atoms with Gasteiger partial charge in [0, 0.05) is 0 Å². The first-order valence-electron chi connectivity index (χ1n) is 3.30. The summed E-state index contributed by atoms with van der Waals surface area (Å²) in [5.41, 5.74) is 0. The Bertz CT molecular complexity index is 232. The van der Waals surface area contributed by atoms with Gasteiger partial charge >= 0.3 is 12.1 Å². The molecule has 4 amide bonds. The normalized spacial score (nSPS) is 33.5. The third-order valence-corrected chi connectivity index (χ3v) is 1.90. The van der Waals surface area contributed by atoms with Gasteiger partial charge in [-0.15, -0.1) is 0 Å². The molecule has 2 aliphatic heterocycles. The second kappa shape index (κ2) is 1.99. The Balaban J connectivity index is 2.26. The van der Waals surface area contributed by atoms with Crippen molar-refractivity contribution in [2.24, 2.45) is 11.7 Å². The maximum Gasteiger partial charge on any atom is 0.352 e. The Labute approximate surface area is 67.4 Å². The molecular weight excluding hydrogens is 164 g/mol. The molecule has 2 unspecified atom stereocenters. The highest BCUT2D eigenvalue weighted by Gasteiger charge is 2.49. The van der Waals surface area contributed by atoms with Crippen molar-refractivity contribution in [1.29, 1.82) is 0 Å².